The lowest BCUT2D eigenvalue weighted by Gasteiger charge is -2.20. The highest BCUT2D eigenvalue weighted by Gasteiger charge is 2.25. The third-order valence-corrected chi connectivity index (χ3v) is 4.89. The summed E-state index contributed by atoms with van der Waals surface area (Å²) in [5, 5.41) is 9.37. The van der Waals surface area contributed by atoms with Crippen LogP contribution in [-0.2, 0) is 11.3 Å². The summed E-state index contributed by atoms with van der Waals surface area (Å²) in [5.74, 6) is 1.24. The van der Waals surface area contributed by atoms with Gasteiger partial charge in [0.2, 0.25) is 0 Å². The Morgan fingerprint density at radius 3 is 2.91 bits per heavy atom. The van der Waals surface area contributed by atoms with Gasteiger partial charge in [-0.2, -0.15) is 0 Å². The van der Waals surface area contributed by atoms with Crippen LogP contribution >= 0.6 is 24.0 Å². The molecule has 0 bridgehead atoms. The second-order valence-electron chi connectivity index (χ2n) is 7.20. The van der Waals surface area contributed by atoms with E-state index in [1.807, 2.05) is 36.1 Å². The largest absolute Gasteiger partial charge is 0.484 e. The number of carbonyl (C=O) groups excluding carboxylic acids is 1. The van der Waals surface area contributed by atoms with Crippen molar-refractivity contribution in [1.29, 1.82) is 0 Å². The Bertz CT molecular complexity index is 913. The zero-order chi connectivity index (χ0) is 22.1. The number of nitrogens with zero attached hydrogens (tertiary/aromatic N) is 3. The molecule has 1 aliphatic heterocycles. The Kier molecular flexibility index (Phi) is 10.4. The van der Waals surface area contributed by atoms with Crippen molar-refractivity contribution < 1.29 is 13.9 Å². The Hall–Kier alpha value is -2.63. The van der Waals surface area contributed by atoms with Crippen LogP contribution in [0.4, 0.5) is 10.2 Å². The fourth-order valence-electron chi connectivity index (χ4n) is 3.40. The number of nitrogens with one attached hydrogen (secondary N) is 3. The lowest BCUT2D eigenvalue weighted by Crippen LogP contribution is -2.44. The SMILES string of the molecule is CCNC(=O)COc1cccc(CNC(=NC)NC2CCN(c3ncccc3F)C2)c1.I. The first-order chi connectivity index (χ1) is 15.1. The van der Waals surface area contributed by atoms with Gasteiger partial charge in [-0.05, 0) is 43.2 Å². The number of aliphatic imine (C=N–C) groups is 1. The molecule has 2 heterocycles. The van der Waals surface area contributed by atoms with E-state index in [1.165, 1.54) is 6.07 Å². The molecule has 1 aromatic heterocycles. The molecular formula is C22H30FIN6O2. The van der Waals surface area contributed by atoms with E-state index < -0.39 is 0 Å². The van der Waals surface area contributed by atoms with Gasteiger partial charge in [-0.25, -0.2) is 9.37 Å². The summed E-state index contributed by atoms with van der Waals surface area (Å²) in [5.41, 5.74) is 1.000. The molecule has 1 saturated heterocycles. The Labute approximate surface area is 205 Å². The maximum Gasteiger partial charge on any atom is 0.257 e. The topological polar surface area (TPSA) is 90.9 Å². The van der Waals surface area contributed by atoms with Crippen LogP contribution in [0.25, 0.3) is 0 Å². The average molecular weight is 556 g/mol. The summed E-state index contributed by atoms with van der Waals surface area (Å²) in [4.78, 5) is 21.9. The van der Waals surface area contributed by atoms with Crippen molar-refractivity contribution in [2.24, 2.45) is 4.99 Å². The lowest BCUT2D eigenvalue weighted by molar-refractivity contribution is -0.122. The van der Waals surface area contributed by atoms with Crippen molar-refractivity contribution >= 4 is 41.7 Å². The van der Waals surface area contributed by atoms with Gasteiger partial charge in [-0.3, -0.25) is 9.79 Å². The first-order valence-corrected chi connectivity index (χ1v) is 10.4. The number of carbonyl (C=O) groups is 1. The Balaban J connectivity index is 0.00000363. The van der Waals surface area contributed by atoms with Gasteiger partial charge in [0.05, 0.1) is 0 Å². The summed E-state index contributed by atoms with van der Waals surface area (Å²) < 4.78 is 19.5. The van der Waals surface area contributed by atoms with E-state index in [-0.39, 0.29) is 48.3 Å². The molecule has 0 aliphatic carbocycles. The van der Waals surface area contributed by atoms with E-state index >= 15 is 0 Å². The standard InChI is InChI=1S/C22H29FN6O2.HI/c1-3-25-20(30)15-31-18-7-4-6-16(12-18)13-27-22(24-2)28-17-9-11-29(14-17)21-19(23)8-5-10-26-21;/h4-8,10,12,17H,3,9,11,13-15H2,1-2H3,(H,25,30)(H2,24,27,28);1H. The molecule has 1 atom stereocenters. The van der Waals surface area contributed by atoms with Crippen LogP contribution in [-0.4, -0.2) is 56.2 Å². The van der Waals surface area contributed by atoms with Crippen molar-refractivity contribution in [3.05, 3.63) is 54.0 Å². The van der Waals surface area contributed by atoms with Crippen molar-refractivity contribution in [2.75, 3.05) is 38.2 Å². The van der Waals surface area contributed by atoms with E-state index in [0.29, 0.717) is 37.2 Å². The zero-order valence-corrected chi connectivity index (χ0v) is 20.6. The van der Waals surface area contributed by atoms with Crippen LogP contribution in [0.3, 0.4) is 0 Å². The molecule has 1 fully saturated rings. The number of hydrogen-bond donors (Lipinski definition) is 3. The van der Waals surface area contributed by atoms with E-state index in [0.717, 1.165) is 18.5 Å². The molecule has 0 saturated carbocycles. The van der Waals surface area contributed by atoms with Gasteiger partial charge in [0.1, 0.15) is 5.75 Å². The molecule has 2 aromatic rings. The number of halogens is 2. The minimum atomic E-state index is -0.306. The molecule has 1 aliphatic rings. The van der Waals surface area contributed by atoms with Gasteiger partial charge in [-0.15, -0.1) is 24.0 Å². The summed E-state index contributed by atoms with van der Waals surface area (Å²) in [6.45, 7) is 4.36. The monoisotopic (exact) mass is 556 g/mol. The van der Waals surface area contributed by atoms with Crippen LogP contribution < -0.4 is 25.6 Å². The summed E-state index contributed by atoms with van der Waals surface area (Å²) in [7, 11) is 1.71. The van der Waals surface area contributed by atoms with Crippen LogP contribution in [0.2, 0.25) is 0 Å². The molecule has 8 nitrogen and oxygen atoms in total. The number of aromatic nitrogens is 1. The summed E-state index contributed by atoms with van der Waals surface area (Å²) in [6, 6.07) is 10.7. The molecule has 174 valence electrons. The maximum atomic E-state index is 14.0. The number of anilines is 1. The first-order valence-electron chi connectivity index (χ1n) is 10.4. The van der Waals surface area contributed by atoms with E-state index in [9.17, 15) is 9.18 Å². The number of rotatable bonds is 8. The van der Waals surface area contributed by atoms with Crippen molar-refractivity contribution in [2.45, 2.75) is 25.9 Å². The summed E-state index contributed by atoms with van der Waals surface area (Å²) in [6.07, 6.45) is 2.47. The molecule has 0 spiro atoms. The number of ether oxygens (including phenoxy) is 1. The van der Waals surface area contributed by atoms with Gasteiger partial charge in [-0.1, -0.05) is 12.1 Å². The number of pyridine rings is 1. The highest BCUT2D eigenvalue weighted by molar-refractivity contribution is 14.0. The average Bonchev–Trinajstić information content (AvgIpc) is 3.24. The van der Waals surface area contributed by atoms with Crippen LogP contribution in [0.15, 0.2) is 47.6 Å². The van der Waals surface area contributed by atoms with Gasteiger partial charge < -0.3 is 25.6 Å². The second-order valence-corrected chi connectivity index (χ2v) is 7.20. The Morgan fingerprint density at radius 1 is 1.31 bits per heavy atom. The number of benzene rings is 1. The minimum Gasteiger partial charge on any atom is -0.484 e. The molecule has 3 N–H and O–H groups in total. The maximum absolute atomic E-state index is 14.0. The quantitative estimate of drug-likeness (QED) is 0.263. The van der Waals surface area contributed by atoms with Gasteiger partial charge in [0.25, 0.3) is 5.91 Å². The van der Waals surface area contributed by atoms with Gasteiger partial charge >= 0.3 is 0 Å². The van der Waals surface area contributed by atoms with Crippen molar-refractivity contribution in [1.82, 2.24) is 20.9 Å². The summed E-state index contributed by atoms with van der Waals surface area (Å²) >= 11 is 0. The molecule has 1 unspecified atom stereocenters. The predicted octanol–water partition coefficient (Wildman–Crippen LogP) is 2.30. The highest BCUT2D eigenvalue weighted by atomic mass is 127. The molecule has 1 amide bonds. The minimum absolute atomic E-state index is 0. The molecule has 0 radical (unpaired) electrons. The normalized spacial score (nSPS) is 15.7. The number of likely N-dealkylation sites (N-methyl/N-ethyl adjacent to an activating group) is 1. The first kappa shape index (κ1) is 25.6. The third-order valence-electron chi connectivity index (χ3n) is 4.89. The highest BCUT2D eigenvalue weighted by Crippen LogP contribution is 2.20. The Morgan fingerprint density at radius 2 is 2.16 bits per heavy atom. The third kappa shape index (κ3) is 7.50. The van der Waals surface area contributed by atoms with Gasteiger partial charge in [0.15, 0.2) is 24.2 Å². The number of hydrogen-bond acceptors (Lipinski definition) is 5. The smallest absolute Gasteiger partial charge is 0.257 e. The zero-order valence-electron chi connectivity index (χ0n) is 18.3. The van der Waals surface area contributed by atoms with Crippen LogP contribution in [0.1, 0.15) is 18.9 Å². The predicted molar refractivity (Wildman–Crippen MR) is 134 cm³/mol. The fraction of sp³-hybridized carbons (Fsp3) is 0.409. The molecule has 10 heteroatoms. The van der Waals surface area contributed by atoms with Crippen molar-refractivity contribution in [3.63, 3.8) is 0 Å². The van der Waals surface area contributed by atoms with Crippen LogP contribution in [0, 0.1) is 5.82 Å². The van der Waals surface area contributed by atoms with E-state index in [1.54, 1.807) is 19.3 Å². The number of amides is 1. The number of guanidine groups is 1. The van der Waals surface area contributed by atoms with Crippen molar-refractivity contribution in [3.8, 4) is 5.75 Å². The van der Waals surface area contributed by atoms with Gasteiger partial charge in [0, 0.05) is 45.5 Å². The second kappa shape index (κ2) is 13.0. The lowest BCUT2D eigenvalue weighted by atomic mass is 10.2. The molecule has 1 aromatic carbocycles. The van der Waals surface area contributed by atoms with E-state index in [4.69, 9.17) is 4.74 Å². The van der Waals surface area contributed by atoms with Crippen LogP contribution in [0.5, 0.6) is 5.75 Å². The molecule has 32 heavy (non-hydrogen) atoms. The van der Waals surface area contributed by atoms with E-state index in [2.05, 4.69) is 25.9 Å². The fourth-order valence-corrected chi connectivity index (χ4v) is 3.40. The molecular weight excluding hydrogens is 526 g/mol. The molecule has 3 rings (SSSR count).